The Morgan fingerprint density at radius 1 is 0.943 bits per heavy atom. The smallest absolute Gasteiger partial charge is 0.337 e. The molecule has 9 heteroatoms. The highest BCUT2D eigenvalue weighted by atomic mass is 16.6. The molecule has 0 aliphatic carbocycles. The summed E-state index contributed by atoms with van der Waals surface area (Å²) in [4.78, 5) is 36.7. The van der Waals surface area contributed by atoms with Crippen LogP contribution in [0.2, 0.25) is 0 Å². The van der Waals surface area contributed by atoms with E-state index in [1.54, 1.807) is 4.90 Å². The molecule has 0 radical (unpaired) electrons. The maximum Gasteiger partial charge on any atom is 0.337 e. The molecule has 0 heterocycles. The van der Waals surface area contributed by atoms with Crippen molar-refractivity contribution >= 4 is 17.6 Å². The van der Waals surface area contributed by atoms with Crippen molar-refractivity contribution in [3.05, 3.63) is 99.6 Å². The number of rotatable bonds is 11. The summed E-state index contributed by atoms with van der Waals surface area (Å²) in [6, 6.07) is 20.9. The van der Waals surface area contributed by atoms with E-state index in [0.717, 1.165) is 17.2 Å². The fourth-order valence-electron chi connectivity index (χ4n) is 3.28. The van der Waals surface area contributed by atoms with Crippen molar-refractivity contribution in [3.8, 4) is 11.5 Å². The van der Waals surface area contributed by atoms with E-state index in [9.17, 15) is 19.7 Å². The van der Waals surface area contributed by atoms with E-state index in [1.165, 1.54) is 19.2 Å². The number of nitro benzene ring substituents is 1. The van der Waals surface area contributed by atoms with Crippen molar-refractivity contribution < 1.29 is 28.7 Å². The van der Waals surface area contributed by atoms with Crippen molar-refractivity contribution in [1.82, 2.24) is 4.90 Å². The first-order valence-electron chi connectivity index (χ1n) is 10.9. The van der Waals surface area contributed by atoms with Crippen molar-refractivity contribution in [1.29, 1.82) is 0 Å². The van der Waals surface area contributed by atoms with Crippen LogP contribution in [-0.2, 0) is 22.7 Å². The van der Waals surface area contributed by atoms with Gasteiger partial charge in [0, 0.05) is 25.2 Å². The topological polar surface area (TPSA) is 108 Å². The quantitative estimate of drug-likeness (QED) is 0.228. The third-order valence-corrected chi connectivity index (χ3v) is 5.21. The maximum atomic E-state index is 12.7. The van der Waals surface area contributed by atoms with Crippen molar-refractivity contribution in [2.24, 2.45) is 0 Å². The molecule has 0 unspecified atom stereocenters. The van der Waals surface area contributed by atoms with Crippen molar-refractivity contribution in [2.45, 2.75) is 20.1 Å². The SMILES string of the molecule is CCN(Cc1ccc(OCc2ccccc2)cc1)C(=O)COc1cc(C(=O)OC)ccc1[N+](=O)[O-]. The summed E-state index contributed by atoms with van der Waals surface area (Å²) in [6.07, 6.45) is 0. The first-order valence-corrected chi connectivity index (χ1v) is 10.9. The highest BCUT2D eigenvalue weighted by Crippen LogP contribution is 2.28. The summed E-state index contributed by atoms with van der Waals surface area (Å²) >= 11 is 0. The molecule has 0 aromatic heterocycles. The first-order chi connectivity index (χ1) is 16.9. The summed E-state index contributed by atoms with van der Waals surface area (Å²) in [7, 11) is 1.20. The van der Waals surface area contributed by atoms with Gasteiger partial charge in [0.2, 0.25) is 0 Å². The molecule has 0 fully saturated rings. The van der Waals surface area contributed by atoms with Crippen LogP contribution < -0.4 is 9.47 Å². The predicted octanol–water partition coefficient (Wildman–Crippen LogP) is 4.39. The number of hydrogen-bond donors (Lipinski definition) is 0. The van der Waals surface area contributed by atoms with Gasteiger partial charge in [0.1, 0.15) is 12.4 Å². The van der Waals surface area contributed by atoms with E-state index in [0.29, 0.717) is 25.4 Å². The fraction of sp³-hybridized carbons (Fsp3) is 0.231. The van der Waals surface area contributed by atoms with Crippen LogP contribution in [0.1, 0.15) is 28.4 Å². The van der Waals surface area contributed by atoms with Gasteiger partial charge < -0.3 is 19.1 Å². The lowest BCUT2D eigenvalue weighted by Gasteiger charge is -2.21. The largest absolute Gasteiger partial charge is 0.489 e. The Morgan fingerprint density at radius 3 is 2.29 bits per heavy atom. The molecule has 0 atom stereocenters. The third kappa shape index (κ3) is 7.04. The van der Waals surface area contributed by atoms with Gasteiger partial charge in [-0.1, -0.05) is 42.5 Å². The normalized spacial score (nSPS) is 10.3. The summed E-state index contributed by atoms with van der Waals surface area (Å²) < 4.78 is 15.9. The van der Waals surface area contributed by atoms with Gasteiger partial charge >= 0.3 is 11.7 Å². The monoisotopic (exact) mass is 478 g/mol. The Balaban J connectivity index is 1.60. The maximum absolute atomic E-state index is 12.7. The van der Waals surface area contributed by atoms with Crippen LogP contribution in [0.3, 0.4) is 0 Å². The van der Waals surface area contributed by atoms with E-state index in [2.05, 4.69) is 4.74 Å². The molecule has 1 amide bonds. The number of ether oxygens (including phenoxy) is 3. The summed E-state index contributed by atoms with van der Waals surface area (Å²) in [6.45, 7) is 2.62. The Hall–Kier alpha value is -4.40. The van der Waals surface area contributed by atoms with Crippen LogP contribution in [0, 0.1) is 10.1 Å². The van der Waals surface area contributed by atoms with E-state index >= 15 is 0 Å². The van der Waals surface area contributed by atoms with E-state index in [4.69, 9.17) is 9.47 Å². The number of nitrogens with zero attached hydrogens (tertiary/aromatic N) is 2. The standard InChI is InChI=1S/C26H26N2O7/c1-3-27(16-19-9-12-22(13-10-19)34-17-20-7-5-4-6-8-20)25(29)18-35-24-15-21(26(30)33-2)11-14-23(24)28(31)32/h4-15H,3,16-18H2,1-2H3. The second-order valence-corrected chi connectivity index (χ2v) is 7.55. The van der Waals surface area contributed by atoms with Gasteiger partial charge in [-0.15, -0.1) is 0 Å². The minimum atomic E-state index is -0.664. The number of carbonyl (C=O) groups is 2. The Bertz CT molecular complexity index is 1160. The number of nitro groups is 1. The number of amides is 1. The lowest BCUT2D eigenvalue weighted by molar-refractivity contribution is -0.385. The number of methoxy groups -OCH3 is 1. The van der Waals surface area contributed by atoms with Crippen LogP contribution in [0.4, 0.5) is 5.69 Å². The lowest BCUT2D eigenvalue weighted by Crippen LogP contribution is -2.34. The molecular weight excluding hydrogens is 452 g/mol. The van der Waals surface area contributed by atoms with Gasteiger partial charge in [-0.2, -0.15) is 0 Å². The highest BCUT2D eigenvalue weighted by Gasteiger charge is 2.21. The molecule has 3 rings (SSSR count). The first kappa shape index (κ1) is 25.2. The predicted molar refractivity (Wildman–Crippen MR) is 128 cm³/mol. The number of hydrogen-bond acceptors (Lipinski definition) is 7. The van der Waals surface area contributed by atoms with Crippen LogP contribution in [0.5, 0.6) is 11.5 Å². The zero-order valence-electron chi connectivity index (χ0n) is 19.5. The molecule has 0 saturated carbocycles. The highest BCUT2D eigenvalue weighted by molar-refractivity contribution is 5.90. The van der Waals surface area contributed by atoms with Crippen LogP contribution in [-0.4, -0.2) is 42.0 Å². The van der Waals surface area contributed by atoms with Gasteiger partial charge in [0.15, 0.2) is 12.4 Å². The van der Waals surface area contributed by atoms with Gasteiger partial charge in [-0.05, 0) is 36.2 Å². The molecule has 9 nitrogen and oxygen atoms in total. The van der Waals surface area contributed by atoms with Gasteiger partial charge in [0.05, 0.1) is 17.6 Å². The third-order valence-electron chi connectivity index (χ3n) is 5.21. The second kappa shape index (κ2) is 12.2. The molecule has 0 spiro atoms. The van der Waals surface area contributed by atoms with Crippen LogP contribution in [0.15, 0.2) is 72.8 Å². The number of benzene rings is 3. The molecule has 3 aromatic rings. The van der Waals surface area contributed by atoms with Crippen molar-refractivity contribution in [2.75, 3.05) is 20.3 Å². The molecule has 0 N–H and O–H groups in total. The van der Waals surface area contributed by atoms with E-state index < -0.39 is 17.5 Å². The summed E-state index contributed by atoms with van der Waals surface area (Å²) in [5, 5.41) is 11.3. The number of carbonyl (C=O) groups excluding carboxylic acids is 2. The summed E-state index contributed by atoms with van der Waals surface area (Å²) in [5.41, 5.74) is 1.70. The minimum absolute atomic E-state index is 0.0856. The minimum Gasteiger partial charge on any atom is -0.489 e. The molecule has 0 aliphatic rings. The van der Waals surface area contributed by atoms with Crippen LogP contribution in [0.25, 0.3) is 0 Å². The zero-order chi connectivity index (χ0) is 25.2. The van der Waals surface area contributed by atoms with Gasteiger partial charge in [-0.3, -0.25) is 14.9 Å². The number of esters is 1. The Kier molecular flexibility index (Phi) is 8.77. The average molecular weight is 479 g/mol. The van der Waals surface area contributed by atoms with Gasteiger partial charge in [-0.25, -0.2) is 4.79 Å². The van der Waals surface area contributed by atoms with E-state index in [-0.39, 0.29) is 22.9 Å². The Morgan fingerprint density at radius 2 is 1.66 bits per heavy atom. The molecule has 0 saturated heterocycles. The van der Waals surface area contributed by atoms with Gasteiger partial charge in [0.25, 0.3) is 5.91 Å². The Labute approximate surface area is 203 Å². The molecular formula is C26H26N2O7. The number of likely N-dealkylation sites (N-methyl/N-ethyl adjacent to an activating group) is 1. The van der Waals surface area contributed by atoms with E-state index in [1.807, 2.05) is 61.5 Å². The fourth-order valence-corrected chi connectivity index (χ4v) is 3.28. The molecule has 182 valence electrons. The molecule has 35 heavy (non-hydrogen) atoms. The lowest BCUT2D eigenvalue weighted by atomic mass is 10.2. The second-order valence-electron chi connectivity index (χ2n) is 7.55. The zero-order valence-corrected chi connectivity index (χ0v) is 19.5. The average Bonchev–Trinajstić information content (AvgIpc) is 2.89. The molecule has 3 aromatic carbocycles. The molecule has 0 bridgehead atoms. The molecule has 0 aliphatic heterocycles. The van der Waals surface area contributed by atoms with Crippen LogP contribution >= 0.6 is 0 Å². The van der Waals surface area contributed by atoms with Crippen molar-refractivity contribution in [3.63, 3.8) is 0 Å². The summed E-state index contributed by atoms with van der Waals surface area (Å²) in [5.74, 6) is -0.479.